The lowest BCUT2D eigenvalue weighted by molar-refractivity contribution is 0.0668. The molecule has 1 fully saturated rings. The third kappa shape index (κ3) is 2.69. The first kappa shape index (κ1) is 14.2. The normalized spacial score (nSPS) is 18.2. The number of nitrogens with two attached hydrogens (primary N) is 1. The molecule has 1 saturated heterocycles. The second-order valence-electron chi connectivity index (χ2n) is 5.30. The Hall–Kier alpha value is -2.70. The van der Waals surface area contributed by atoms with Gasteiger partial charge in [-0.2, -0.15) is 5.10 Å². The fraction of sp³-hybridized carbons (Fsp3) is 0.333. The first-order chi connectivity index (χ1) is 10.7. The molecule has 7 heteroatoms. The average Bonchev–Trinajstić information content (AvgIpc) is 3.09. The highest BCUT2D eigenvalue weighted by atomic mass is 16.2. The topological polar surface area (TPSA) is 94.1 Å². The van der Waals surface area contributed by atoms with Crippen molar-refractivity contribution in [2.24, 2.45) is 5.73 Å². The average molecular weight is 299 g/mol. The highest BCUT2D eigenvalue weighted by molar-refractivity contribution is 6.05. The number of amides is 2. The monoisotopic (exact) mass is 299 g/mol. The Morgan fingerprint density at radius 3 is 2.86 bits per heavy atom. The zero-order valence-corrected chi connectivity index (χ0v) is 12.1. The van der Waals surface area contributed by atoms with Crippen LogP contribution in [0.3, 0.4) is 0 Å². The first-order valence-corrected chi connectivity index (χ1v) is 7.20. The van der Waals surface area contributed by atoms with E-state index in [0.29, 0.717) is 13.1 Å². The van der Waals surface area contributed by atoms with Gasteiger partial charge in [0, 0.05) is 31.7 Å². The number of piperidine rings is 1. The van der Waals surface area contributed by atoms with Crippen LogP contribution in [0.2, 0.25) is 0 Å². The van der Waals surface area contributed by atoms with Crippen molar-refractivity contribution in [3.05, 3.63) is 48.0 Å². The van der Waals surface area contributed by atoms with Crippen molar-refractivity contribution in [3.8, 4) is 0 Å². The van der Waals surface area contributed by atoms with Crippen LogP contribution in [0.5, 0.6) is 0 Å². The molecule has 2 amide bonds. The van der Waals surface area contributed by atoms with Gasteiger partial charge in [0.25, 0.3) is 11.8 Å². The van der Waals surface area contributed by atoms with E-state index in [-0.39, 0.29) is 23.2 Å². The fourth-order valence-electron chi connectivity index (χ4n) is 2.80. The molecule has 0 saturated carbocycles. The maximum Gasteiger partial charge on any atom is 0.268 e. The van der Waals surface area contributed by atoms with Crippen LogP contribution in [0.25, 0.3) is 0 Å². The molecule has 2 aromatic rings. The molecule has 1 unspecified atom stereocenters. The zero-order valence-electron chi connectivity index (χ0n) is 12.1. The molecule has 0 bridgehead atoms. The molecule has 22 heavy (non-hydrogen) atoms. The Morgan fingerprint density at radius 2 is 2.14 bits per heavy atom. The van der Waals surface area contributed by atoms with Gasteiger partial charge < -0.3 is 10.6 Å². The molecule has 0 spiro atoms. The van der Waals surface area contributed by atoms with E-state index in [1.165, 1.54) is 6.20 Å². The predicted octanol–water partition coefficient (Wildman–Crippen LogP) is 0.854. The van der Waals surface area contributed by atoms with Crippen LogP contribution in [0.15, 0.2) is 36.8 Å². The van der Waals surface area contributed by atoms with E-state index in [9.17, 15) is 9.59 Å². The Morgan fingerprint density at radius 1 is 1.27 bits per heavy atom. The molecule has 3 rings (SSSR count). The number of carbonyl (C=O) groups is 2. The van der Waals surface area contributed by atoms with Crippen LogP contribution in [0.4, 0.5) is 0 Å². The van der Waals surface area contributed by atoms with Gasteiger partial charge in [-0.25, -0.2) is 0 Å². The second-order valence-corrected chi connectivity index (χ2v) is 5.30. The van der Waals surface area contributed by atoms with Crippen LogP contribution >= 0.6 is 0 Å². The highest BCUT2D eigenvalue weighted by Gasteiger charge is 2.28. The molecule has 114 valence electrons. The second kappa shape index (κ2) is 5.97. The molecule has 0 aliphatic carbocycles. The lowest BCUT2D eigenvalue weighted by Gasteiger charge is -2.33. The van der Waals surface area contributed by atoms with Crippen molar-refractivity contribution >= 4 is 11.8 Å². The fourth-order valence-corrected chi connectivity index (χ4v) is 2.80. The summed E-state index contributed by atoms with van der Waals surface area (Å²) in [6, 6.07) is 5.25. The first-order valence-electron chi connectivity index (χ1n) is 7.20. The zero-order chi connectivity index (χ0) is 15.5. The van der Waals surface area contributed by atoms with Crippen LogP contribution in [-0.2, 0) is 0 Å². The molecule has 7 nitrogen and oxygen atoms in total. The number of hydrogen-bond donors (Lipinski definition) is 1. The van der Waals surface area contributed by atoms with Crippen molar-refractivity contribution in [2.75, 3.05) is 13.1 Å². The Bertz CT molecular complexity index is 683. The summed E-state index contributed by atoms with van der Waals surface area (Å²) in [4.78, 5) is 29.8. The molecule has 1 aliphatic heterocycles. The Kier molecular flexibility index (Phi) is 3.86. The molecule has 1 aliphatic rings. The van der Waals surface area contributed by atoms with Gasteiger partial charge in [-0.05, 0) is 31.0 Å². The number of aromatic nitrogens is 3. The minimum Gasteiger partial charge on any atom is -0.364 e. The van der Waals surface area contributed by atoms with Crippen molar-refractivity contribution in [3.63, 3.8) is 0 Å². The summed E-state index contributed by atoms with van der Waals surface area (Å²) in [7, 11) is 0. The SMILES string of the molecule is NC(=O)c1ncccc1C(=O)N1CCCC(n2cccn2)C1. The highest BCUT2D eigenvalue weighted by Crippen LogP contribution is 2.22. The largest absolute Gasteiger partial charge is 0.364 e. The minimum absolute atomic E-state index is 0.0220. The molecule has 2 N–H and O–H groups in total. The van der Waals surface area contributed by atoms with E-state index in [1.807, 2.05) is 16.9 Å². The molecular formula is C15H17N5O2. The number of likely N-dealkylation sites (tertiary alicyclic amines) is 1. The third-order valence-corrected chi connectivity index (χ3v) is 3.85. The molecule has 2 aromatic heterocycles. The number of nitrogens with zero attached hydrogens (tertiary/aromatic N) is 4. The molecule has 1 atom stereocenters. The predicted molar refractivity (Wildman–Crippen MR) is 79.2 cm³/mol. The molecular weight excluding hydrogens is 282 g/mol. The molecule has 3 heterocycles. The minimum atomic E-state index is -0.690. The Balaban J connectivity index is 1.82. The smallest absolute Gasteiger partial charge is 0.268 e. The number of rotatable bonds is 3. The van der Waals surface area contributed by atoms with Gasteiger partial charge in [0.2, 0.25) is 0 Å². The third-order valence-electron chi connectivity index (χ3n) is 3.85. The van der Waals surface area contributed by atoms with E-state index in [1.54, 1.807) is 23.2 Å². The lowest BCUT2D eigenvalue weighted by Crippen LogP contribution is -2.41. The van der Waals surface area contributed by atoms with Gasteiger partial charge in [0.05, 0.1) is 11.6 Å². The van der Waals surface area contributed by atoms with Crippen LogP contribution in [0.1, 0.15) is 39.7 Å². The van der Waals surface area contributed by atoms with Gasteiger partial charge >= 0.3 is 0 Å². The Labute approximate surface area is 127 Å². The maximum atomic E-state index is 12.7. The maximum absolute atomic E-state index is 12.7. The summed E-state index contributed by atoms with van der Waals surface area (Å²) < 4.78 is 1.87. The van der Waals surface area contributed by atoms with E-state index in [0.717, 1.165) is 12.8 Å². The van der Waals surface area contributed by atoms with Gasteiger partial charge in [-0.15, -0.1) is 0 Å². The van der Waals surface area contributed by atoms with Crippen molar-refractivity contribution in [2.45, 2.75) is 18.9 Å². The summed E-state index contributed by atoms with van der Waals surface area (Å²) >= 11 is 0. The van der Waals surface area contributed by atoms with Crippen LogP contribution in [-0.4, -0.2) is 44.6 Å². The number of pyridine rings is 1. The van der Waals surface area contributed by atoms with Crippen LogP contribution in [0, 0.1) is 0 Å². The summed E-state index contributed by atoms with van der Waals surface area (Å²) in [6.07, 6.45) is 6.95. The van der Waals surface area contributed by atoms with E-state index in [4.69, 9.17) is 5.73 Å². The quantitative estimate of drug-likeness (QED) is 0.909. The number of hydrogen-bond acceptors (Lipinski definition) is 4. The van der Waals surface area contributed by atoms with Crippen molar-refractivity contribution in [1.29, 1.82) is 0 Å². The summed E-state index contributed by atoms with van der Waals surface area (Å²) in [5, 5.41) is 4.24. The molecule has 0 radical (unpaired) electrons. The van der Waals surface area contributed by atoms with Gasteiger partial charge in [-0.1, -0.05) is 0 Å². The van der Waals surface area contributed by atoms with E-state index < -0.39 is 5.91 Å². The van der Waals surface area contributed by atoms with Gasteiger partial charge in [-0.3, -0.25) is 19.3 Å². The van der Waals surface area contributed by atoms with Crippen molar-refractivity contribution in [1.82, 2.24) is 19.7 Å². The van der Waals surface area contributed by atoms with E-state index in [2.05, 4.69) is 10.1 Å². The number of primary amides is 1. The van der Waals surface area contributed by atoms with Gasteiger partial charge in [0.1, 0.15) is 5.69 Å². The molecule has 0 aromatic carbocycles. The van der Waals surface area contributed by atoms with Gasteiger partial charge in [0.15, 0.2) is 0 Å². The summed E-state index contributed by atoms with van der Waals surface area (Å²) in [5.74, 6) is -0.900. The van der Waals surface area contributed by atoms with Crippen LogP contribution < -0.4 is 5.73 Å². The standard InChI is InChI=1S/C15H17N5O2/c16-14(21)13-12(5-1-6-17-13)15(22)19-8-2-4-11(10-19)20-9-3-7-18-20/h1,3,5-7,9,11H,2,4,8,10H2,(H2,16,21). The lowest BCUT2D eigenvalue weighted by atomic mass is 10.0. The van der Waals surface area contributed by atoms with Crippen molar-refractivity contribution < 1.29 is 9.59 Å². The van der Waals surface area contributed by atoms with E-state index >= 15 is 0 Å². The summed E-state index contributed by atoms with van der Waals surface area (Å²) in [5.41, 5.74) is 5.58. The summed E-state index contributed by atoms with van der Waals surface area (Å²) in [6.45, 7) is 1.22. The number of carbonyl (C=O) groups excluding carboxylic acids is 2.